The first-order valence-electron chi connectivity index (χ1n) is 12.4. The summed E-state index contributed by atoms with van der Waals surface area (Å²) in [5.74, 6) is 0. The Morgan fingerprint density at radius 3 is 1.62 bits per heavy atom. The van der Waals surface area contributed by atoms with E-state index in [0.29, 0.717) is 0 Å². The summed E-state index contributed by atoms with van der Waals surface area (Å²) in [5, 5.41) is 0. The van der Waals surface area contributed by atoms with Crippen molar-refractivity contribution >= 4 is 7.82 Å². The van der Waals surface area contributed by atoms with E-state index in [2.05, 4.69) is 14.0 Å². The Balaban J connectivity index is 1.83. The molecule has 174 valence electrons. The van der Waals surface area contributed by atoms with Crippen LogP contribution in [0, 0.1) is 0 Å². The minimum absolute atomic E-state index is 0.232. The molecule has 29 heavy (non-hydrogen) atoms. The smallest absolute Gasteiger partial charge is 0.268 e. The minimum Gasteiger partial charge on any atom is -0.756 e. The van der Waals surface area contributed by atoms with E-state index < -0.39 is 7.82 Å². The largest absolute Gasteiger partial charge is 0.756 e. The third kappa shape index (κ3) is 15.5. The molecule has 1 fully saturated rings. The molecular weight excluding hydrogens is 385 g/mol. The Morgan fingerprint density at radius 1 is 0.724 bits per heavy atom. The number of phosphoric acid groups is 1. The Kier molecular flexibility index (Phi) is 15.6. The Bertz CT molecular complexity index is 427. The number of hydrogen-bond acceptors (Lipinski definition) is 4. The fraction of sp³-hybridized carbons (Fsp3) is 1.00. The van der Waals surface area contributed by atoms with E-state index >= 15 is 0 Å². The van der Waals surface area contributed by atoms with Crippen LogP contribution in [0.5, 0.6) is 0 Å². The second-order valence-corrected chi connectivity index (χ2v) is 10.6. The molecule has 1 aliphatic rings. The van der Waals surface area contributed by atoms with Gasteiger partial charge in [-0.1, -0.05) is 90.4 Å². The van der Waals surface area contributed by atoms with Crippen LogP contribution in [0.3, 0.4) is 0 Å². The molecule has 0 saturated carbocycles. The van der Waals surface area contributed by atoms with E-state index in [1.54, 1.807) is 0 Å². The van der Waals surface area contributed by atoms with E-state index in [1.165, 1.54) is 89.9 Å². The van der Waals surface area contributed by atoms with Gasteiger partial charge in [0.25, 0.3) is 7.82 Å². The zero-order valence-electron chi connectivity index (χ0n) is 19.4. The summed E-state index contributed by atoms with van der Waals surface area (Å²) in [6.45, 7) is 5.73. The van der Waals surface area contributed by atoms with Crippen LogP contribution in [-0.2, 0) is 13.6 Å². The van der Waals surface area contributed by atoms with Gasteiger partial charge >= 0.3 is 0 Å². The van der Waals surface area contributed by atoms with E-state index in [0.717, 1.165) is 37.0 Å². The highest BCUT2D eigenvalue weighted by Gasteiger charge is 2.26. The molecule has 1 heterocycles. The van der Waals surface area contributed by atoms with E-state index in [-0.39, 0.29) is 13.2 Å². The SMILES string of the molecule is CCCCCCCCCCCCCCCCOP(=O)([O-])OCC[N+]1(C)CCCC1. The minimum atomic E-state index is -4.13. The van der Waals surface area contributed by atoms with E-state index in [4.69, 9.17) is 9.05 Å². The second-order valence-electron chi connectivity index (χ2n) is 9.21. The molecule has 0 aliphatic carbocycles. The van der Waals surface area contributed by atoms with Crippen molar-refractivity contribution in [1.82, 2.24) is 0 Å². The maximum Gasteiger partial charge on any atom is 0.268 e. The Morgan fingerprint density at radius 2 is 1.14 bits per heavy atom. The molecule has 1 atom stereocenters. The van der Waals surface area contributed by atoms with Gasteiger partial charge in [-0.15, -0.1) is 0 Å². The van der Waals surface area contributed by atoms with E-state index in [1.807, 2.05) is 0 Å². The molecule has 1 unspecified atom stereocenters. The average Bonchev–Trinajstić information content (AvgIpc) is 3.11. The lowest BCUT2D eigenvalue weighted by molar-refractivity contribution is -0.897. The quantitative estimate of drug-likeness (QED) is 0.130. The molecule has 1 rings (SSSR count). The van der Waals surface area contributed by atoms with Gasteiger partial charge in [0.15, 0.2) is 0 Å². The summed E-state index contributed by atoms with van der Waals surface area (Å²) in [5.41, 5.74) is 0. The van der Waals surface area contributed by atoms with Crippen LogP contribution in [0.25, 0.3) is 0 Å². The van der Waals surface area contributed by atoms with Gasteiger partial charge in [0.1, 0.15) is 13.2 Å². The summed E-state index contributed by atoms with van der Waals surface area (Å²) in [4.78, 5) is 11.8. The molecule has 0 radical (unpaired) electrons. The highest BCUT2D eigenvalue weighted by Crippen LogP contribution is 2.38. The van der Waals surface area contributed by atoms with Gasteiger partial charge in [0, 0.05) is 12.8 Å². The molecule has 1 aliphatic heterocycles. The lowest BCUT2D eigenvalue weighted by Gasteiger charge is -2.30. The second kappa shape index (κ2) is 16.7. The summed E-state index contributed by atoms with van der Waals surface area (Å²) in [6.07, 6.45) is 20.4. The first-order valence-corrected chi connectivity index (χ1v) is 13.9. The molecule has 5 nitrogen and oxygen atoms in total. The predicted molar refractivity (Wildman–Crippen MR) is 120 cm³/mol. The summed E-state index contributed by atoms with van der Waals surface area (Å²) in [7, 11) is -1.96. The van der Waals surface area contributed by atoms with E-state index in [9.17, 15) is 9.46 Å². The molecule has 6 heteroatoms. The summed E-state index contributed by atoms with van der Waals surface area (Å²) >= 11 is 0. The Hall–Kier alpha value is 0.0700. The molecule has 0 spiro atoms. The molecule has 0 aromatic carbocycles. The molecule has 0 aromatic rings. The summed E-state index contributed by atoms with van der Waals surface area (Å²) in [6, 6.07) is 0. The maximum atomic E-state index is 11.8. The van der Waals surface area contributed by atoms with Crippen molar-refractivity contribution in [3.05, 3.63) is 0 Å². The number of likely N-dealkylation sites (tertiary alicyclic amines) is 1. The van der Waals surface area contributed by atoms with Crippen LogP contribution in [0.2, 0.25) is 0 Å². The van der Waals surface area contributed by atoms with Gasteiger partial charge in [-0.05, 0) is 6.42 Å². The van der Waals surface area contributed by atoms with Crippen molar-refractivity contribution in [2.45, 2.75) is 110 Å². The van der Waals surface area contributed by atoms with Crippen LogP contribution in [0.4, 0.5) is 0 Å². The normalized spacial score (nSPS) is 18.2. The number of hydrogen-bond donors (Lipinski definition) is 0. The van der Waals surface area contributed by atoms with Gasteiger partial charge in [-0.3, -0.25) is 4.57 Å². The zero-order chi connectivity index (χ0) is 21.3. The number of quaternary nitrogens is 1. The molecule has 0 bridgehead atoms. The first-order chi connectivity index (χ1) is 14.0. The monoisotopic (exact) mass is 433 g/mol. The van der Waals surface area contributed by atoms with Gasteiger partial charge in [-0.2, -0.15) is 0 Å². The molecule has 0 amide bonds. The fourth-order valence-electron chi connectivity index (χ4n) is 4.21. The Labute approximate surface area is 180 Å². The van der Waals surface area contributed by atoms with Gasteiger partial charge < -0.3 is 18.4 Å². The number of rotatable bonds is 20. The standard InChI is InChI=1S/C23H48NO4P/c1-3-4-5-6-7-8-9-10-11-12-13-14-15-18-22-27-29(25,26)28-23-21-24(2)19-16-17-20-24/h3-23H2,1-2H3. The van der Waals surface area contributed by atoms with Crippen molar-refractivity contribution in [3.8, 4) is 0 Å². The third-order valence-corrected chi connectivity index (χ3v) is 7.27. The van der Waals surface area contributed by atoms with Crippen molar-refractivity contribution in [2.24, 2.45) is 0 Å². The van der Waals surface area contributed by atoms with Crippen LogP contribution in [0.15, 0.2) is 0 Å². The molecular formula is C23H48NO4P. The van der Waals surface area contributed by atoms with Crippen LogP contribution >= 0.6 is 7.82 Å². The van der Waals surface area contributed by atoms with Gasteiger partial charge in [0.2, 0.25) is 0 Å². The van der Waals surface area contributed by atoms with Crippen LogP contribution in [-0.4, -0.2) is 44.4 Å². The van der Waals surface area contributed by atoms with Gasteiger partial charge in [-0.25, -0.2) is 0 Å². The molecule has 0 aromatic heterocycles. The van der Waals surface area contributed by atoms with Crippen LogP contribution in [0.1, 0.15) is 110 Å². The summed E-state index contributed by atoms with van der Waals surface area (Å²) < 4.78 is 22.8. The lowest BCUT2D eigenvalue weighted by Crippen LogP contribution is -2.43. The lowest BCUT2D eigenvalue weighted by atomic mass is 10.0. The highest BCUT2D eigenvalue weighted by atomic mass is 31.2. The van der Waals surface area contributed by atoms with Crippen molar-refractivity contribution in [1.29, 1.82) is 0 Å². The third-order valence-electron chi connectivity index (χ3n) is 6.27. The molecule has 0 N–H and O–H groups in total. The van der Waals surface area contributed by atoms with Gasteiger partial charge in [0.05, 0.1) is 26.7 Å². The van der Waals surface area contributed by atoms with Crippen molar-refractivity contribution < 1.29 is 23.0 Å². The zero-order valence-corrected chi connectivity index (χ0v) is 20.3. The van der Waals surface area contributed by atoms with Crippen LogP contribution < -0.4 is 4.89 Å². The number of nitrogens with zero attached hydrogens (tertiary/aromatic N) is 1. The first kappa shape index (κ1) is 27.1. The predicted octanol–water partition coefficient (Wildman–Crippen LogP) is 6.21. The van der Waals surface area contributed by atoms with Crippen molar-refractivity contribution in [2.75, 3.05) is 39.9 Å². The maximum absolute atomic E-state index is 11.8. The fourth-order valence-corrected chi connectivity index (χ4v) is 4.94. The molecule has 1 saturated heterocycles. The average molecular weight is 434 g/mol. The van der Waals surface area contributed by atoms with Crippen molar-refractivity contribution in [3.63, 3.8) is 0 Å². The highest BCUT2D eigenvalue weighted by molar-refractivity contribution is 7.45. The number of unbranched alkanes of at least 4 members (excludes halogenated alkanes) is 13. The number of likely N-dealkylation sites (N-methyl/N-ethyl adjacent to an activating group) is 1. The number of phosphoric ester groups is 1. The topological polar surface area (TPSA) is 58.6 Å².